The van der Waals surface area contributed by atoms with Gasteiger partial charge in [-0.15, -0.1) is 0 Å². The summed E-state index contributed by atoms with van der Waals surface area (Å²) in [6.07, 6.45) is 6.71. The lowest BCUT2D eigenvalue weighted by Crippen LogP contribution is -2.24. The van der Waals surface area contributed by atoms with Crippen molar-refractivity contribution in [1.82, 2.24) is 9.71 Å². The second kappa shape index (κ2) is 12.4. The molecule has 0 saturated heterocycles. The Morgan fingerprint density at radius 2 is 1.79 bits per heavy atom. The van der Waals surface area contributed by atoms with E-state index in [9.17, 15) is 17.6 Å². The van der Waals surface area contributed by atoms with Crippen molar-refractivity contribution in [2.45, 2.75) is 42.9 Å². The van der Waals surface area contributed by atoms with Gasteiger partial charge in [-0.25, -0.2) is 17.5 Å². The summed E-state index contributed by atoms with van der Waals surface area (Å²) in [7, 11) is -2.29. The molecule has 0 amide bonds. The molecule has 1 N–H and O–H groups in total. The highest BCUT2D eigenvalue weighted by atomic mass is 32.2. The maximum Gasteiger partial charge on any atom is 0.305 e. The number of hydrogen-bond acceptors (Lipinski definition) is 5. The van der Waals surface area contributed by atoms with Crippen molar-refractivity contribution in [3.05, 3.63) is 84.4 Å². The monoisotopic (exact) mass is 484 g/mol. The van der Waals surface area contributed by atoms with Crippen LogP contribution in [0.5, 0.6) is 0 Å². The van der Waals surface area contributed by atoms with E-state index in [1.54, 1.807) is 6.20 Å². The molecule has 1 aromatic heterocycles. The minimum atomic E-state index is -3.67. The molecule has 1 unspecified atom stereocenters. The minimum absolute atomic E-state index is 0.0390. The van der Waals surface area contributed by atoms with E-state index in [1.165, 1.54) is 19.2 Å². The van der Waals surface area contributed by atoms with Gasteiger partial charge in [0.25, 0.3) is 0 Å². The molecular formula is C26H29FN2O4S. The molecule has 6 nitrogen and oxygen atoms in total. The van der Waals surface area contributed by atoms with Crippen LogP contribution in [0.4, 0.5) is 4.39 Å². The number of ether oxygens (including phenoxy) is 1. The summed E-state index contributed by atoms with van der Waals surface area (Å²) in [4.78, 5) is 16.0. The van der Waals surface area contributed by atoms with Gasteiger partial charge in [0.2, 0.25) is 10.0 Å². The molecule has 180 valence electrons. The van der Waals surface area contributed by atoms with Gasteiger partial charge in [0.15, 0.2) is 0 Å². The standard InChI is InChI=1S/C26H29FN2O4S/c1-33-26(30)15-10-20(21-7-4-8-22(18-21)23-9-5-16-28-19-23)6-2-3-17-29-34(31,32)25-13-11-24(27)12-14-25/h4-5,7-9,11-14,16,18-20,29H,2-3,6,10,15,17H2,1H3. The maximum atomic E-state index is 13.1. The number of benzene rings is 2. The Morgan fingerprint density at radius 1 is 1.03 bits per heavy atom. The van der Waals surface area contributed by atoms with E-state index < -0.39 is 15.8 Å². The molecule has 1 heterocycles. The topological polar surface area (TPSA) is 85.4 Å². The zero-order valence-electron chi connectivity index (χ0n) is 19.1. The predicted molar refractivity (Wildman–Crippen MR) is 129 cm³/mol. The average molecular weight is 485 g/mol. The largest absolute Gasteiger partial charge is 0.469 e. The van der Waals surface area contributed by atoms with Gasteiger partial charge >= 0.3 is 5.97 Å². The molecule has 0 spiro atoms. The molecule has 3 aromatic rings. The number of methoxy groups -OCH3 is 1. The molecule has 34 heavy (non-hydrogen) atoms. The van der Waals surface area contributed by atoms with Gasteiger partial charge in [0.05, 0.1) is 12.0 Å². The predicted octanol–water partition coefficient (Wildman–Crippen LogP) is 5.07. The van der Waals surface area contributed by atoms with Gasteiger partial charge in [-0.05, 0) is 72.2 Å². The highest BCUT2D eigenvalue weighted by Gasteiger charge is 2.16. The number of nitrogens with zero attached hydrogens (tertiary/aromatic N) is 1. The van der Waals surface area contributed by atoms with Crippen molar-refractivity contribution in [3.8, 4) is 11.1 Å². The lowest BCUT2D eigenvalue weighted by Gasteiger charge is -2.18. The number of esters is 1. The summed E-state index contributed by atoms with van der Waals surface area (Å²) < 4.78 is 45.1. The first-order valence-electron chi connectivity index (χ1n) is 11.2. The van der Waals surface area contributed by atoms with Crippen LogP contribution in [0.1, 0.15) is 43.6 Å². The first kappa shape index (κ1) is 25.5. The van der Waals surface area contributed by atoms with Crippen LogP contribution in [0, 0.1) is 5.82 Å². The molecule has 2 aromatic carbocycles. The summed E-state index contributed by atoms with van der Waals surface area (Å²) in [6, 6.07) is 16.8. The number of sulfonamides is 1. The van der Waals surface area contributed by atoms with E-state index >= 15 is 0 Å². The Morgan fingerprint density at radius 3 is 2.50 bits per heavy atom. The first-order valence-corrected chi connectivity index (χ1v) is 12.7. The van der Waals surface area contributed by atoms with Gasteiger partial charge < -0.3 is 4.74 Å². The third kappa shape index (κ3) is 7.46. The van der Waals surface area contributed by atoms with Crippen LogP contribution in [-0.4, -0.2) is 33.0 Å². The number of carbonyl (C=O) groups is 1. The number of halogens is 1. The third-order valence-electron chi connectivity index (χ3n) is 5.67. The van der Waals surface area contributed by atoms with Crippen LogP contribution < -0.4 is 4.72 Å². The lowest BCUT2D eigenvalue weighted by atomic mass is 9.88. The number of pyridine rings is 1. The molecule has 0 saturated carbocycles. The molecule has 0 fully saturated rings. The summed E-state index contributed by atoms with van der Waals surface area (Å²) in [5.74, 6) is -0.602. The number of nitrogens with one attached hydrogen (secondary N) is 1. The van der Waals surface area contributed by atoms with E-state index in [0.29, 0.717) is 19.3 Å². The Bertz CT molecular complexity index is 1170. The number of aromatic nitrogens is 1. The van der Waals surface area contributed by atoms with Crippen LogP contribution in [0.2, 0.25) is 0 Å². The third-order valence-corrected chi connectivity index (χ3v) is 7.15. The van der Waals surface area contributed by atoms with Gasteiger partial charge in [-0.1, -0.05) is 36.8 Å². The number of unbranched alkanes of at least 4 members (excludes halogenated alkanes) is 1. The van der Waals surface area contributed by atoms with Gasteiger partial charge in [0.1, 0.15) is 5.82 Å². The summed E-state index contributed by atoms with van der Waals surface area (Å²) in [5, 5.41) is 0. The second-order valence-corrected chi connectivity index (χ2v) is 9.79. The van der Waals surface area contributed by atoms with Crippen LogP contribution in [0.3, 0.4) is 0 Å². The highest BCUT2D eigenvalue weighted by molar-refractivity contribution is 7.89. The first-order chi connectivity index (χ1) is 16.4. The normalized spacial score (nSPS) is 12.3. The Labute approximate surface area is 200 Å². The summed E-state index contributed by atoms with van der Waals surface area (Å²) in [5.41, 5.74) is 3.20. The van der Waals surface area contributed by atoms with Gasteiger partial charge in [-0.3, -0.25) is 9.78 Å². The molecule has 0 bridgehead atoms. The van der Waals surface area contributed by atoms with Crippen LogP contribution in [0.15, 0.2) is 78.0 Å². The summed E-state index contributed by atoms with van der Waals surface area (Å²) >= 11 is 0. The molecular weight excluding hydrogens is 455 g/mol. The Kier molecular flexibility index (Phi) is 9.30. The fourth-order valence-electron chi connectivity index (χ4n) is 3.80. The van der Waals surface area contributed by atoms with Crippen molar-refractivity contribution in [1.29, 1.82) is 0 Å². The zero-order valence-corrected chi connectivity index (χ0v) is 19.9. The van der Waals surface area contributed by atoms with E-state index in [4.69, 9.17) is 4.74 Å². The molecule has 0 aliphatic heterocycles. The maximum absolute atomic E-state index is 13.1. The van der Waals surface area contributed by atoms with E-state index in [0.717, 1.165) is 41.7 Å². The second-order valence-electron chi connectivity index (χ2n) is 8.03. The quantitative estimate of drug-likeness (QED) is 0.286. The molecule has 0 radical (unpaired) electrons. The van der Waals surface area contributed by atoms with Crippen LogP contribution in [0.25, 0.3) is 11.1 Å². The van der Waals surface area contributed by atoms with Gasteiger partial charge in [0, 0.05) is 25.4 Å². The van der Waals surface area contributed by atoms with E-state index in [-0.39, 0.29) is 23.3 Å². The highest BCUT2D eigenvalue weighted by Crippen LogP contribution is 2.30. The Balaban J connectivity index is 1.61. The fraction of sp³-hybridized carbons (Fsp3) is 0.308. The minimum Gasteiger partial charge on any atom is -0.469 e. The molecule has 8 heteroatoms. The van der Waals surface area contributed by atoms with Crippen molar-refractivity contribution in [2.24, 2.45) is 0 Å². The smallest absolute Gasteiger partial charge is 0.305 e. The molecule has 0 aliphatic rings. The van der Waals surface area contributed by atoms with E-state index in [2.05, 4.69) is 21.8 Å². The number of hydrogen-bond donors (Lipinski definition) is 1. The number of carbonyl (C=O) groups excluding carboxylic acids is 1. The van der Waals surface area contributed by atoms with Crippen LogP contribution >= 0.6 is 0 Å². The van der Waals surface area contributed by atoms with Gasteiger partial charge in [-0.2, -0.15) is 0 Å². The average Bonchev–Trinajstić information content (AvgIpc) is 2.86. The molecule has 1 atom stereocenters. The zero-order chi connectivity index (χ0) is 24.4. The fourth-order valence-corrected chi connectivity index (χ4v) is 4.87. The van der Waals surface area contributed by atoms with E-state index in [1.807, 2.05) is 30.5 Å². The molecule has 0 aliphatic carbocycles. The summed E-state index contributed by atoms with van der Waals surface area (Å²) in [6.45, 7) is 0.277. The lowest BCUT2D eigenvalue weighted by molar-refractivity contribution is -0.140. The Hall–Kier alpha value is -3.10. The molecule has 3 rings (SSSR count). The SMILES string of the molecule is COC(=O)CCC(CCCCNS(=O)(=O)c1ccc(F)cc1)c1cccc(-c2cccnc2)c1. The van der Waals surface area contributed by atoms with Crippen LogP contribution in [-0.2, 0) is 19.6 Å². The van der Waals surface area contributed by atoms with Crippen molar-refractivity contribution in [2.75, 3.05) is 13.7 Å². The van der Waals surface area contributed by atoms with Crippen molar-refractivity contribution >= 4 is 16.0 Å². The number of rotatable bonds is 12. The van der Waals surface area contributed by atoms with Crippen molar-refractivity contribution in [3.63, 3.8) is 0 Å². The van der Waals surface area contributed by atoms with Crippen molar-refractivity contribution < 1.29 is 22.3 Å².